The van der Waals surface area contributed by atoms with Crippen molar-refractivity contribution in [2.45, 2.75) is 40.2 Å². The van der Waals surface area contributed by atoms with Crippen molar-refractivity contribution in [1.29, 1.82) is 0 Å². The van der Waals surface area contributed by atoms with Crippen LogP contribution in [0.2, 0.25) is 0 Å². The predicted octanol–water partition coefficient (Wildman–Crippen LogP) is 4.71. The third-order valence-corrected chi connectivity index (χ3v) is 5.96. The predicted molar refractivity (Wildman–Crippen MR) is 135 cm³/mol. The van der Waals surface area contributed by atoms with Crippen LogP contribution in [0.15, 0.2) is 48.0 Å². The smallest absolute Gasteiger partial charge is 0.295 e. The van der Waals surface area contributed by atoms with Crippen LogP contribution in [-0.4, -0.2) is 60.4 Å². The molecule has 2 aromatic carbocycles. The number of ketones is 1. The molecule has 1 saturated heterocycles. The molecule has 1 atom stereocenters. The number of likely N-dealkylation sites (tertiary alicyclic amines) is 1. The van der Waals surface area contributed by atoms with Gasteiger partial charge in [-0.1, -0.05) is 43.7 Å². The molecule has 1 amide bonds. The second-order valence-corrected chi connectivity index (χ2v) is 9.75. The van der Waals surface area contributed by atoms with E-state index in [0.717, 1.165) is 35.4 Å². The molecule has 0 bridgehead atoms. The highest BCUT2D eigenvalue weighted by Gasteiger charge is 2.45. The highest BCUT2D eigenvalue weighted by atomic mass is 16.5. The van der Waals surface area contributed by atoms with Crippen LogP contribution in [0.25, 0.3) is 5.76 Å². The van der Waals surface area contributed by atoms with Gasteiger partial charge in [0.2, 0.25) is 0 Å². The Balaban J connectivity index is 2.03. The third kappa shape index (κ3) is 5.68. The molecular formula is C28H36N2O4. The standard InChI is InChI=1S/C28H36N2O4/c1-18(2)17-34-23-13-12-22(16-20(23)4)26(31)24-25(21-10-8-19(3)9-11-21)30(28(33)27(24)32)15-7-14-29(5)6/h8-13,16,18,25,31H,7,14-15,17H2,1-6H3/b26-24-. The summed E-state index contributed by atoms with van der Waals surface area (Å²) in [4.78, 5) is 29.8. The van der Waals surface area contributed by atoms with Crippen molar-refractivity contribution in [3.63, 3.8) is 0 Å². The normalized spacial score (nSPS) is 17.8. The van der Waals surface area contributed by atoms with Crippen molar-refractivity contribution in [3.8, 4) is 5.75 Å². The van der Waals surface area contributed by atoms with Gasteiger partial charge in [-0.3, -0.25) is 9.59 Å². The van der Waals surface area contributed by atoms with Crippen LogP contribution in [0, 0.1) is 19.8 Å². The number of rotatable bonds is 9. The fraction of sp³-hybridized carbons (Fsp3) is 0.429. The molecule has 1 fully saturated rings. The van der Waals surface area contributed by atoms with E-state index < -0.39 is 17.7 Å². The quantitative estimate of drug-likeness (QED) is 0.331. The summed E-state index contributed by atoms with van der Waals surface area (Å²) in [5.74, 6) is -0.238. The van der Waals surface area contributed by atoms with E-state index in [4.69, 9.17) is 4.74 Å². The van der Waals surface area contributed by atoms with Crippen LogP contribution in [0.4, 0.5) is 0 Å². The van der Waals surface area contributed by atoms with Crippen molar-refractivity contribution < 1.29 is 19.4 Å². The topological polar surface area (TPSA) is 70.1 Å². The van der Waals surface area contributed by atoms with E-state index in [1.165, 1.54) is 0 Å². The number of Topliss-reactive ketones (excluding diaryl/α,β-unsaturated/α-hetero) is 1. The SMILES string of the molecule is Cc1ccc(C2/C(=C(/O)c3ccc(OCC(C)C)c(C)c3)C(=O)C(=O)N2CCCN(C)C)cc1. The summed E-state index contributed by atoms with van der Waals surface area (Å²) in [6, 6.07) is 12.5. The zero-order chi connectivity index (χ0) is 25.0. The zero-order valence-corrected chi connectivity index (χ0v) is 21.1. The number of amides is 1. The molecule has 3 rings (SSSR count). The second-order valence-electron chi connectivity index (χ2n) is 9.75. The molecule has 1 unspecified atom stereocenters. The van der Waals surface area contributed by atoms with Crippen molar-refractivity contribution in [2.24, 2.45) is 5.92 Å². The monoisotopic (exact) mass is 464 g/mol. The molecule has 6 heteroatoms. The van der Waals surface area contributed by atoms with Crippen molar-refractivity contribution >= 4 is 17.4 Å². The van der Waals surface area contributed by atoms with Gasteiger partial charge in [0.05, 0.1) is 18.2 Å². The van der Waals surface area contributed by atoms with Crippen LogP contribution in [0.5, 0.6) is 5.75 Å². The largest absolute Gasteiger partial charge is 0.507 e. The average molecular weight is 465 g/mol. The van der Waals surface area contributed by atoms with E-state index >= 15 is 0 Å². The first-order chi connectivity index (χ1) is 16.1. The van der Waals surface area contributed by atoms with Gasteiger partial charge in [-0.15, -0.1) is 0 Å². The first-order valence-electron chi connectivity index (χ1n) is 11.8. The summed E-state index contributed by atoms with van der Waals surface area (Å²) in [7, 11) is 3.95. The lowest BCUT2D eigenvalue weighted by molar-refractivity contribution is -0.139. The second kappa shape index (κ2) is 10.9. The Labute approximate surface area is 202 Å². The lowest BCUT2D eigenvalue weighted by atomic mass is 9.94. The summed E-state index contributed by atoms with van der Waals surface area (Å²) in [6.45, 7) is 9.88. The fourth-order valence-electron chi connectivity index (χ4n) is 4.13. The van der Waals surface area contributed by atoms with Gasteiger partial charge in [0.1, 0.15) is 11.5 Å². The number of aliphatic hydroxyl groups is 1. The molecule has 0 radical (unpaired) electrons. The minimum absolute atomic E-state index is 0.133. The van der Waals surface area contributed by atoms with Gasteiger partial charge >= 0.3 is 0 Å². The molecule has 1 aliphatic rings. The fourth-order valence-corrected chi connectivity index (χ4v) is 4.13. The Kier molecular flexibility index (Phi) is 8.15. The van der Waals surface area contributed by atoms with Gasteiger partial charge in [0.25, 0.3) is 11.7 Å². The third-order valence-electron chi connectivity index (χ3n) is 5.96. The maximum atomic E-state index is 13.2. The molecular weight excluding hydrogens is 428 g/mol. The number of carbonyl (C=O) groups excluding carboxylic acids is 2. The lowest BCUT2D eigenvalue weighted by Crippen LogP contribution is -2.32. The van der Waals surface area contributed by atoms with Crippen LogP contribution in [-0.2, 0) is 9.59 Å². The summed E-state index contributed by atoms with van der Waals surface area (Å²) in [5.41, 5.74) is 3.38. The minimum atomic E-state index is -0.647. The van der Waals surface area contributed by atoms with E-state index in [2.05, 4.69) is 13.8 Å². The average Bonchev–Trinajstić information content (AvgIpc) is 3.03. The van der Waals surface area contributed by atoms with Crippen molar-refractivity contribution in [3.05, 3.63) is 70.3 Å². The molecule has 6 nitrogen and oxygen atoms in total. The number of aliphatic hydroxyl groups excluding tert-OH is 1. The highest BCUT2D eigenvalue weighted by Crippen LogP contribution is 2.40. The van der Waals surface area contributed by atoms with E-state index in [-0.39, 0.29) is 11.3 Å². The number of hydrogen-bond donors (Lipinski definition) is 1. The maximum absolute atomic E-state index is 13.2. The molecule has 182 valence electrons. The minimum Gasteiger partial charge on any atom is -0.507 e. The Morgan fingerprint density at radius 1 is 1.09 bits per heavy atom. The van der Waals surface area contributed by atoms with Crippen LogP contribution < -0.4 is 4.74 Å². The molecule has 34 heavy (non-hydrogen) atoms. The Hall–Kier alpha value is -3.12. The first kappa shape index (κ1) is 25.5. The van der Waals surface area contributed by atoms with Crippen molar-refractivity contribution in [2.75, 3.05) is 33.8 Å². The Bertz CT molecular complexity index is 1070. The summed E-state index contributed by atoms with van der Waals surface area (Å²) >= 11 is 0. The van der Waals surface area contributed by atoms with Crippen LogP contribution in [0.3, 0.4) is 0 Å². The van der Waals surface area contributed by atoms with Crippen LogP contribution in [0.1, 0.15) is 48.6 Å². The van der Waals surface area contributed by atoms with E-state index in [1.807, 2.05) is 57.1 Å². The highest BCUT2D eigenvalue weighted by molar-refractivity contribution is 6.46. The molecule has 1 aliphatic heterocycles. The van der Waals surface area contributed by atoms with E-state index in [9.17, 15) is 14.7 Å². The van der Waals surface area contributed by atoms with Gasteiger partial charge in [0.15, 0.2) is 0 Å². The Morgan fingerprint density at radius 3 is 2.35 bits per heavy atom. The summed E-state index contributed by atoms with van der Waals surface area (Å²) in [6.07, 6.45) is 0.726. The number of nitrogens with zero attached hydrogens (tertiary/aromatic N) is 2. The molecule has 0 saturated carbocycles. The zero-order valence-electron chi connectivity index (χ0n) is 21.1. The van der Waals surface area contributed by atoms with E-state index in [1.54, 1.807) is 23.1 Å². The van der Waals surface area contributed by atoms with Gasteiger partial charge in [-0.25, -0.2) is 0 Å². The van der Waals surface area contributed by atoms with E-state index in [0.29, 0.717) is 24.6 Å². The number of ether oxygens (including phenoxy) is 1. The molecule has 0 aliphatic carbocycles. The van der Waals surface area contributed by atoms with Crippen LogP contribution >= 0.6 is 0 Å². The summed E-state index contributed by atoms with van der Waals surface area (Å²) < 4.78 is 5.85. The van der Waals surface area contributed by atoms with Gasteiger partial charge < -0.3 is 19.6 Å². The number of hydrogen-bond acceptors (Lipinski definition) is 5. The number of benzene rings is 2. The van der Waals surface area contributed by atoms with Gasteiger partial charge in [-0.05, 0) is 76.2 Å². The molecule has 0 spiro atoms. The maximum Gasteiger partial charge on any atom is 0.295 e. The lowest BCUT2D eigenvalue weighted by Gasteiger charge is -2.26. The number of carbonyl (C=O) groups is 2. The first-order valence-corrected chi connectivity index (χ1v) is 11.8. The number of aryl methyl sites for hydroxylation is 2. The molecule has 0 aromatic heterocycles. The van der Waals surface area contributed by atoms with Gasteiger partial charge in [-0.2, -0.15) is 0 Å². The van der Waals surface area contributed by atoms with Crippen molar-refractivity contribution in [1.82, 2.24) is 9.80 Å². The summed E-state index contributed by atoms with van der Waals surface area (Å²) in [5, 5.41) is 11.3. The van der Waals surface area contributed by atoms with Gasteiger partial charge in [0, 0.05) is 12.1 Å². The Morgan fingerprint density at radius 2 is 1.76 bits per heavy atom. The molecule has 1 heterocycles. The molecule has 2 aromatic rings. The molecule has 1 N–H and O–H groups in total.